The molecule has 0 spiro atoms. The summed E-state index contributed by atoms with van der Waals surface area (Å²) in [6.45, 7) is 0. The van der Waals surface area contributed by atoms with Crippen LogP contribution < -0.4 is 34.3 Å². The zero-order valence-corrected chi connectivity index (χ0v) is 7.25. The number of hydrogen-bond donors (Lipinski definition) is 0. The molecular weight excluding hydrogens is 112 g/mol. The molecule has 0 saturated carbocycles. The molecule has 0 N–H and O–H groups in total. The van der Waals surface area contributed by atoms with Gasteiger partial charge in [0.05, 0.1) is 0 Å². The molecule has 0 aromatic rings. The van der Waals surface area contributed by atoms with E-state index in [1.54, 1.807) is 0 Å². The summed E-state index contributed by atoms with van der Waals surface area (Å²) in [7, 11) is 0. The molecule has 0 fully saturated rings. The Bertz CT molecular complexity index is 9.61. The first-order chi connectivity index (χ1) is 0. The topological polar surface area (TPSA) is 28.5 Å². The van der Waals surface area contributed by atoms with Gasteiger partial charge in [-0.2, -0.15) is 0 Å². The molecule has 0 atom stereocenters. The van der Waals surface area contributed by atoms with E-state index in [2.05, 4.69) is 0 Å². The van der Waals surface area contributed by atoms with Crippen molar-refractivity contribution in [1.82, 2.24) is 0 Å². The average Bonchev–Trinajstić information content (AvgIpc) is 0. The zero-order chi connectivity index (χ0) is 0. The Hall–Kier alpha value is 1.95. The van der Waals surface area contributed by atoms with Crippen molar-refractivity contribution in [1.29, 1.82) is 0 Å². The second kappa shape index (κ2) is 38.3. The van der Waals surface area contributed by atoms with Gasteiger partial charge in [0.2, 0.25) is 0 Å². The summed E-state index contributed by atoms with van der Waals surface area (Å²) in [5, 5.41) is 0. The maximum absolute atomic E-state index is 0. The van der Waals surface area contributed by atoms with Crippen LogP contribution in [-0.4, -0.2) is 34.7 Å². The maximum atomic E-state index is 0. The van der Waals surface area contributed by atoms with E-state index in [1.165, 1.54) is 0 Å². The summed E-state index contributed by atoms with van der Waals surface area (Å²) < 4.78 is 0. The largest absolute Gasteiger partial charge is 3.00 e. The molecule has 0 aliphatic rings. The van der Waals surface area contributed by atoms with Crippen molar-refractivity contribution in [2.75, 3.05) is 0 Å². The predicted octanol–water partition coefficient (Wildman–Crippen LogP) is -6.87. The van der Waals surface area contributed by atoms with Crippen LogP contribution in [0.4, 0.5) is 0 Å². The van der Waals surface area contributed by atoms with Gasteiger partial charge in [-0.05, 0) is 0 Å². The fourth-order valence-electron chi connectivity index (χ4n) is 0. The molecule has 0 amide bonds. The number of hydrogen-bond acceptors (Lipinski definition) is 0. The summed E-state index contributed by atoms with van der Waals surface area (Å²) in [4.78, 5) is 0. The maximum Gasteiger partial charge on any atom is 3.00 e. The van der Waals surface area contributed by atoms with Crippen molar-refractivity contribution < 1.29 is 39.7 Å². The molecule has 0 aromatic carbocycles. The van der Waals surface area contributed by atoms with Gasteiger partial charge in [0, 0.05) is 0 Å². The van der Waals surface area contributed by atoms with Crippen molar-refractivity contribution in [3.8, 4) is 0 Å². The van der Waals surface area contributed by atoms with E-state index in [9.17, 15) is 0 Å². The molecular formula is Al2FNaO+4. The molecule has 0 heterocycles. The van der Waals surface area contributed by atoms with Crippen molar-refractivity contribution in [2.24, 2.45) is 0 Å². The van der Waals surface area contributed by atoms with E-state index in [1.807, 2.05) is 0 Å². The molecule has 0 aliphatic heterocycles. The monoisotopic (exact) mass is 112 g/mol. The minimum Gasteiger partial charge on any atom is -2.00 e. The molecule has 0 unspecified atom stereocenters. The van der Waals surface area contributed by atoms with Gasteiger partial charge in [-0.3, -0.25) is 0 Å². The van der Waals surface area contributed by atoms with Crippen LogP contribution in [0.3, 0.4) is 0 Å². The summed E-state index contributed by atoms with van der Waals surface area (Å²) in [6.07, 6.45) is 0. The van der Waals surface area contributed by atoms with Crippen LogP contribution in [0.25, 0.3) is 0 Å². The summed E-state index contributed by atoms with van der Waals surface area (Å²) in [6, 6.07) is 0. The van der Waals surface area contributed by atoms with Crippen molar-refractivity contribution in [3.05, 3.63) is 0 Å². The van der Waals surface area contributed by atoms with Crippen LogP contribution in [0.2, 0.25) is 0 Å². The van der Waals surface area contributed by atoms with E-state index in [4.69, 9.17) is 0 Å². The van der Waals surface area contributed by atoms with Crippen LogP contribution in [0.15, 0.2) is 0 Å². The fourth-order valence-corrected chi connectivity index (χ4v) is 0. The molecule has 0 rings (SSSR count). The fraction of sp³-hybridized carbons (Fsp3) is 0. The first kappa shape index (κ1) is 64.5. The van der Waals surface area contributed by atoms with Gasteiger partial charge in [0.25, 0.3) is 0 Å². The second-order valence-electron chi connectivity index (χ2n) is 0. The van der Waals surface area contributed by atoms with Crippen molar-refractivity contribution >= 4 is 34.7 Å². The van der Waals surface area contributed by atoms with Crippen LogP contribution in [-0.2, 0) is 5.48 Å². The second-order valence-corrected chi connectivity index (χ2v) is 0. The van der Waals surface area contributed by atoms with Gasteiger partial charge in [-0.25, -0.2) is 0 Å². The predicted molar refractivity (Wildman–Crippen MR) is 12.2 cm³/mol. The normalized spacial score (nSPS) is 0. The van der Waals surface area contributed by atoms with Gasteiger partial charge in [0.1, 0.15) is 0 Å². The minimum absolute atomic E-state index is 0. The minimum atomic E-state index is 0. The van der Waals surface area contributed by atoms with E-state index in [0.29, 0.717) is 0 Å². The third-order valence-electron chi connectivity index (χ3n) is 0. The van der Waals surface area contributed by atoms with Crippen LogP contribution in [0.5, 0.6) is 0 Å². The van der Waals surface area contributed by atoms with E-state index < -0.39 is 0 Å². The van der Waals surface area contributed by atoms with Gasteiger partial charge in [0.15, 0.2) is 0 Å². The first-order valence-corrected chi connectivity index (χ1v) is 0. The van der Waals surface area contributed by atoms with E-state index in [-0.39, 0.29) is 74.5 Å². The van der Waals surface area contributed by atoms with Gasteiger partial charge < -0.3 is 10.2 Å². The summed E-state index contributed by atoms with van der Waals surface area (Å²) >= 11 is 0. The third-order valence-corrected chi connectivity index (χ3v) is 0. The molecule has 16 valence electrons. The molecule has 5 heteroatoms. The third kappa shape index (κ3) is 24.4. The SMILES string of the molecule is [Al+3].[Al+3].[F-].[Na+].[O-2]. The molecule has 0 bridgehead atoms. The van der Waals surface area contributed by atoms with Gasteiger partial charge in [-0.15, -0.1) is 0 Å². The number of rotatable bonds is 0. The molecule has 0 radical (unpaired) electrons. The quantitative estimate of drug-likeness (QED) is 0.279. The average molecular weight is 112 g/mol. The van der Waals surface area contributed by atoms with Crippen LogP contribution in [0.1, 0.15) is 0 Å². The standard InChI is InChI=1S/2Al.FH.Na.O/h;;1H;;/q2*+3;;+1;-2/p-1. The summed E-state index contributed by atoms with van der Waals surface area (Å²) in [5.74, 6) is 0. The van der Waals surface area contributed by atoms with Crippen molar-refractivity contribution in [3.63, 3.8) is 0 Å². The Labute approximate surface area is 73.7 Å². The van der Waals surface area contributed by atoms with Gasteiger partial charge in [-0.1, -0.05) is 0 Å². The molecule has 0 aliphatic carbocycles. The summed E-state index contributed by atoms with van der Waals surface area (Å²) in [5.41, 5.74) is 0. The zero-order valence-electron chi connectivity index (χ0n) is 2.94. The Morgan fingerprint density at radius 2 is 0.800 bits per heavy atom. The molecule has 0 saturated heterocycles. The first-order valence-electron chi connectivity index (χ1n) is 0. The smallest absolute Gasteiger partial charge is 2.00 e. The number of halogens is 1. The molecule has 0 aromatic heterocycles. The Morgan fingerprint density at radius 1 is 0.800 bits per heavy atom. The van der Waals surface area contributed by atoms with Crippen LogP contribution in [0, 0.1) is 0 Å². The Kier molecular flexibility index (Phi) is 494. The Balaban J connectivity index is 0. The molecule has 1 nitrogen and oxygen atoms in total. The van der Waals surface area contributed by atoms with Gasteiger partial charge >= 0.3 is 64.3 Å². The van der Waals surface area contributed by atoms with Crippen LogP contribution >= 0.6 is 0 Å². The van der Waals surface area contributed by atoms with E-state index in [0.717, 1.165) is 0 Å². The van der Waals surface area contributed by atoms with Crippen molar-refractivity contribution in [2.45, 2.75) is 0 Å². The van der Waals surface area contributed by atoms with E-state index >= 15 is 0 Å². The molecule has 5 heavy (non-hydrogen) atoms. The Morgan fingerprint density at radius 3 is 0.800 bits per heavy atom.